The first-order valence-corrected chi connectivity index (χ1v) is 14.9. The molecule has 3 aromatic rings. The van der Waals surface area contributed by atoms with E-state index in [0.717, 1.165) is 49.0 Å². The van der Waals surface area contributed by atoms with Gasteiger partial charge in [0, 0.05) is 45.6 Å². The number of carbonyl (C=O) groups excluding carboxylic acids is 4. The second-order valence-electron chi connectivity index (χ2n) is 10.6. The fraction of sp³-hybridized carbons (Fsp3) is 0.414. The molecule has 2 aromatic heterocycles. The van der Waals surface area contributed by atoms with Crippen LogP contribution in [-0.2, 0) is 9.59 Å². The van der Waals surface area contributed by atoms with Crippen molar-refractivity contribution < 1.29 is 19.2 Å². The van der Waals surface area contributed by atoms with Crippen LogP contribution >= 0.6 is 11.3 Å². The summed E-state index contributed by atoms with van der Waals surface area (Å²) in [5.74, 6) is -0.954. The number of aromatic nitrogens is 2. The number of likely N-dealkylation sites (tertiary alicyclic amines) is 2. The third-order valence-electron chi connectivity index (χ3n) is 7.30. The van der Waals surface area contributed by atoms with Gasteiger partial charge in [-0.3, -0.25) is 29.5 Å². The van der Waals surface area contributed by atoms with E-state index in [1.165, 1.54) is 34.6 Å². The number of guanidine groups is 1. The molecule has 0 aliphatic carbocycles. The van der Waals surface area contributed by atoms with Crippen LogP contribution in [0.2, 0.25) is 0 Å². The van der Waals surface area contributed by atoms with Crippen molar-refractivity contribution in [3.8, 4) is 0 Å². The highest BCUT2D eigenvalue weighted by Gasteiger charge is 2.30. The first kappa shape index (κ1) is 29.1. The third kappa shape index (κ3) is 6.90. The van der Waals surface area contributed by atoms with Gasteiger partial charge in [-0.25, -0.2) is 9.98 Å². The Labute approximate surface area is 247 Å². The number of pyridine rings is 1. The Hall–Kier alpha value is -4.39. The number of amides is 4. The van der Waals surface area contributed by atoms with Gasteiger partial charge in [-0.15, -0.1) is 11.3 Å². The molecule has 1 unspecified atom stereocenters. The Bertz CT molecular complexity index is 1500. The number of rotatable bonds is 6. The van der Waals surface area contributed by atoms with Gasteiger partial charge in [0.25, 0.3) is 11.8 Å². The maximum atomic E-state index is 13.6. The molecule has 0 spiro atoms. The molecule has 0 bridgehead atoms. The first-order chi connectivity index (χ1) is 20.3. The quantitative estimate of drug-likeness (QED) is 0.332. The molecule has 0 saturated carbocycles. The summed E-state index contributed by atoms with van der Waals surface area (Å²) >= 11 is 1.49. The van der Waals surface area contributed by atoms with Crippen LogP contribution in [0.25, 0.3) is 10.2 Å². The molecule has 42 heavy (non-hydrogen) atoms. The van der Waals surface area contributed by atoms with Crippen molar-refractivity contribution >= 4 is 56.8 Å². The largest absolute Gasteiger partial charge is 0.343 e. The molecule has 1 aromatic carbocycles. The lowest BCUT2D eigenvalue weighted by molar-refractivity contribution is -0.140. The zero-order valence-corrected chi connectivity index (χ0v) is 24.5. The number of hydrogen-bond donors (Lipinski definition) is 2. The van der Waals surface area contributed by atoms with Crippen LogP contribution in [0.4, 0.5) is 5.69 Å². The summed E-state index contributed by atoms with van der Waals surface area (Å²) in [6.45, 7) is 1.98. The molecule has 220 valence electrons. The zero-order chi connectivity index (χ0) is 29.6. The SMILES string of the molecule is CN(C)C(=O)c1ccc(C(=O)NC(=NC2CCCCN(CC(=O)N3CCCC3)C2=O)Nc2ccc3ncsc3c2)cn1. The van der Waals surface area contributed by atoms with Gasteiger partial charge in [0.15, 0.2) is 0 Å². The number of anilines is 1. The summed E-state index contributed by atoms with van der Waals surface area (Å²) in [6, 6.07) is 7.82. The number of nitrogens with zero attached hydrogens (tertiary/aromatic N) is 6. The lowest BCUT2D eigenvalue weighted by Crippen LogP contribution is -2.45. The van der Waals surface area contributed by atoms with Crippen LogP contribution in [-0.4, -0.2) is 101 Å². The standard InChI is InChI=1S/C29H34N8O4S/c1-35(2)27(40)22-10-8-19(16-30-22)26(39)34-29(32-20-9-11-21-24(15-20)42-18-31-21)33-23-7-3-4-14-37(28(23)41)17-25(38)36-12-5-6-13-36/h8-11,15-16,18,23H,3-7,12-14,17H2,1-2H3,(H2,32,33,34,39). The van der Waals surface area contributed by atoms with Crippen molar-refractivity contribution in [3.63, 3.8) is 0 Å². The predicted octanol–water partition coefficient (Wildman–Crippen LogP) is 2.59. The van der Waals surface area contributed by atoms with Gasteiger partial charge in [-0.1, -0.05) is 0 Å². The highest BCUT2D eigenvalue weighted by atomic mass is 32.1. The van der Waals surface area contributed by atoms with E-state index in [9.17, 15) is 19.2 Å². The first-order valence-electron chi connectivity index (χ1n) is 14.0. The summed E-state index contributed by atoms with van der Waals surface area (Å²) in [7, 11) is 3.25. The van der Waals surface area contributed by atoms with Gasteiger partial charge >= 0.3 is 0 Å². The Morgan fingerprint density at radius 3 is 2.57 bits per heavy atom. The van der Waals surface area contributed by atoms with Gasteiger partial charge in [0.05, 0.1) is 27.8 Å². The maximum Gasteiger partial charge on any atom is 0.271 e. The fourth-order valence-electron chi connectivity index (χ4n) is 4.98. The van der Waals surface area contributed by atoms with Crippen LogP contribution < -0.4 is 10.6 Å². The number of nitrogens with one attached hydrogen (secondary N) is 2. The number of thiazole rings is 1. The molecular formula is C29H34N8O4S. The smallest absolute Gasteiger partial charge is 0.271 e. The van der Waals surface area contributed by atoms with Crippen molar-refractivity contribution in [1.29, 1.82) is 0 Å². The molecule has 4 amide bonds. The van der Waals surface area contributed by atoms with Crippen molar-refractivity contribution in [2.75, 3.05) is 45.6 Å². The minimum atomic E-state index is -0.771. The molecular weight excluding hydrogens is 556 g/mol. The second-order valence-corrected chi connectivity index (χ2v) is 11.5. The highest BCUT2D eigenvalue weighted by Crippen LogP contribution is 2.22. The van der Waals surface area contributed by atoms with Crippen LogP contribution in [0, 0.1) is 0 Å². The number of benzene rings is 1. The van der Waals surface area contributed by atoms with Gasteiger partial charge in [0.2, 0.25) is 17.8 Å². The van der Waals surface area contributed by atoms with E-state index in [-0.39, 0.29) is 41.5 Å². The van der Waals surface area contributed by atoms with E-state index in [0.29, 0.717) is 18.7 Å². The average molecular weight is 591 g/mol. The van der Waals surface area contributed by atoms with Gasteiger partial charge in [-0.05, 0) is 62.4 Å². The summed E-state index contributed by atoms with van der Waals surface area (Å²) in [5, 5.41) is 5.95. The van der Waals surface area contributed by atoms with Crippen molar-refractivity contribution in [1.82, 2.24) is 30.0 Å². The minimum absolute atomic E-state index is 0.0334. The third-order valence-corrected chi connectivity index (χ3v) is 8.09. The van der Waals surface area contributed by atoms with Crippen molar-refractivity contribution in [2.45, 2.75) is 38.1 Å². The van der Waals surface area contributed by atoms with Gasteiger partial charge in [-0.2, -0.15) is 0 Å². The Morgan fingerprint density at radius 1 is 1.05 bits per heavy atom. The highest BCUT2D eigenvalue weighted by molar-refractivity contribution is 7.16. The monoisotopic (exact) mass is 590 g/mol. The second kappa shape index (κ2) is 13.1. The molecule has 2 aliphatic heterocycles. The van der Waals surface area contributed by atoms with E-state index in [4.69, 9.17) is 4.99 Å². The summed E-state index contributed by atoms with van der Waals surface area (Å²) in [6.07, 6.45) is 5.32. The molecule has 1 atom stereocenters. The van der Waals surface area contributed by atoms with Crippen LogP contribution in [0.5, 0.6) is 0 Å². The molecule has 12 nitrogen and oxygen atoms in total. The topological polar surface area (TPSA) is 140 Å². The van der Waals surface area contributed by atoms with Gasteiger partial charge in [0.1, 0.15) is 11.7 Å². The normalized spacial score (nSPS) is 17.7. The lowest BCUT2D eigenvalue weighted by atomic mass is 10.1. The molecule has 5 rings (SSSR count). The fourth-order valence-corrected chi connectivity index (χ4v) is 5.69. The molecule has 0 radical (unpaired) electrons. The molecule has 2 fully saturated rings. The number of hydrogen-bond acceptors (Lipinski definition) is 8. The number of aliphatic imine (C=N–C) groups is 1. The minimum Gasteiger partial charge on any atom is -0.343 e. The molecule has 13 heteroatoms. The average Bonchev–Trinajstić information content (AvgIpc) is 3.67. The van der Waals surface area contributed by atoms with Crippen LogP contribution in [0.15, 0.2) is 47.0 Å². The lowest BCUT2D eigenvalue weighted by Gasteiger charge is -2.25. The molecule has 2 saturated heterocycles. The maximum absolute atomic E-state index is 13.6. The Balaban J connectivity index is 1.38. The van der Waals surface area contributed by atoms with Crippen molar-refractivity contribution in [2.24, 2.45) is 4.99 Å². The Morgan fingerprint density at radius 2 is 1.83 bits per heavy atom. The van der Waals surface area contributed by atoms with Crippen LogP contribution in [0.1, 0.15) is 53.0 Å². The Kier molecular flexibility index (Phi) is 9.06. The molecule has 2 N–H and O–H groups in total. The van der Waals surface area contributed by atoms with Gasteiger partial charge < -0.3 is 20.0 Å². The van der Waals surface area contributed by atoms with E-state index >= 15 is 0 Å². The van der Waals surface area contributed by atoms with E-state index in [2.05, 4.69) is 20.6 Å². The van der Waals surface area contributed by atoms with E-state index < -0.39 is 11.9 Å². The van der Waals surface area contributed by atoms with Crippen molar-refractivity contribution in [3.05, 3.63) is 53.3 Å². The number of fused-ring (bicyclic) bond motifs is 1. The zero-order valence-electron chi connectivity index (χ0n) is 23.7. The summed E-state index contributed by atoms with van der Waals surface area (Å²) in [4.78, 5) is 69.8. The summed E-state index contributed by atoms with van der Waals surface area (Å²) in [5.41, 5.74) is 3.71. The van der Waals surface area contributed by atoms with Crippen LogP contribution in [0.3, 0.4) is 0 Å². The molecule has 4 heterocycles. The van der Waals surface area contributed by atoms with E-state index in [1.807, 2.05) is 23.1 Å². The number of carbonyl (C=O) groups is 4. The molecule has 2 aliphatic rings. The van der Waals surface area contributed by atoms with E-state index in [1.54, 1.807) is 24.5 Å². The summed E-state index contributed by atoms with van der Waals surface area (Å²) < 4.78 is 0.952. The predicted molar refractivity (Wildman–Crippen MR) is 160 cm³/mol.